The number of hydrogen-bond acceptors (Lipinski definition) is 7. The van der Waals surface area contributed by atoms with E-state index < -0.39 is 53.5 Å². The second kappa shape index (κ2) is 16.6. The van der Waals surface area contributed by atoms with Crippen LogP contribution in [0.4, 0.5) is 4.79 Å². The zero-order valence-corrected chi connectivity index (χ0v) is 25.7. The van der Waals surface area contributed by atoms with Crippen LogP contribution in [0.1, 0.15) is 91.3 Å². The van der Waals surface area contributed by atoms with Crippen LogP contribution in [0, 0.1) is 5.92 Å². The fraction of sp³-hybridized carbons (Fsp3) is 0.633. The maximum absolute atomic E-state index is 14.3. The second-order valence-corrected chi connectivity index (χ2v) is 11.6. The Balaban J connectivity index is 3.66. The fourth-order valence-electron chi connectivity index (χ4n) is 4.19. The molecule has 0 saturated carbocycles. The van der Waals surface area contributed by atoms with Gasteiger partial charge in [-0.3, -0.25) is 19.2 Å². The number of carbonyl (C=O) groups excluding carboxylic acids is 5. The van der Waals surface area contributed by atoms with E-state index >= 15 is 0 Å². The number of hydrogen-bond donors (Lipinski definition) is 3. The molecule has 41 heavy (non-hydrogen) atoms. The van der Waals surface area contributed by atoms with Crippen molar-refractivity contribution < 1.29 is 33.4 Å². The number of alkyl carbamates (subject to hydrolysis) is 1. The van der Waals surface area contributed by atoms with Gasteiger partial charge in [0.25, 0.3) is 0 Å². The van der Waals surface area contributed by atoms with Crippen LogP contribution < -0.4 is 16.4 Å². The SMILES string of the molecule is CCc1ccc(C(C(=O)NCC(=O)OC)N(C(=O)C(CCC(N)=O)NC(=O)OC(C)(C)C)C(C)CCC(C)C)cc1. The number of nitrogens with one attached hydrogen (secondary N) is 2. The zero-order chi connectivity index (χ0) is 31.3. The molecule has 11 nitrogen and oxygen atoms in total. The molecule has 0 aromatic heterocycles. The third-order valence-corrected chi connectivity index (χ3v) is 6.42. The van der Waals surface area contributed by atoms with Crippen molar-refractivity contribution in [1.29, 1.82) is 0 Å². The minimum Gasteiger partial charge on any atom is -0.468 e. The maximum atomic E-state index is 14.3. The number of nitrogens with two attached hydrogens (primary N) is 1. The summed E-state index contributed by atoms with van der Waals surface area (Å²) in [5.74, 6) is -2.12. The van der Waals surface area contributed by atoms with Crippen molar-refractivity contribution in [3.05, 3.63) is 35.4 Å². The summed E-state index contributed by atoms with van der Waals surface area (Å²) in [6.45, 7) is 12.6. The minimum atomic E-state index is -1.20. The summed E-state index contributed by atoms with van der Waals surface area (Å²) in [5, 5.41) is 5.17. The number of primary amides is 1. The summed E-state index contributed by atoms with van der Waals surface area (Å²) in [4.78, 5) is 65.7. The highest BCUT2D eigenvalue weighted by Crippen LogP contribution is 2.28. The lowest BCUT2D eigenvalue weighted by atomic mass is 9.95. The Morgan fingerprint density at radius 2 is 1.59 bits per heavy atom. The van der Waals surface area contributed by atoms with Crippen molar-refractivity contribution >= 4 is 29.8 Å². The average molecular weight is 577 g/mol. The van der Waals surface area contributed by atoms with E-state index in [9.17, 15) is 24.0 Å². The van der Waals surface area contributed by atoms with Gasteiger partial charge in [0.2, 0.25) is 17.7 Å². The number of rotatable bonds is 15. The number of benzene rings is 1. The highest BCUT2D eigenvalue weighted by Gasteiger charge is 2.39. The molecule has 3 unspecified atom stereocenters. The van der Waals surface area contributed by atoms with Gasteiger partial charge in [-0.15, -0.1) is 0 Å². The molecule has 11 heteroatoms. The standard InChI is InChI=1S/C30H48N4O7/c1-9-21-12-14-22(15-13-21)26(27(37)32-18-25(36)40-8)34(20(4)11-10-19(2)3)28(38)23(16-17-24(31)35)33-29(39)41-30(5,6)7/h12-15,19-20,23,26H,9-11,16-18H2,1-8H3,(H2,31,35)(H,32,37)(H,33,39). The highest BCUT2D eigenvalue weighted by molar-refractivity contribution is 5.93. The molecule has 0 heterocycles. The van der Waals surface area contributed by atoms with Crippen LogP contribution in [0.25, 0.3) is 0 Å². The van der Waals surface area contributed by atoms with Crippen molar-refractivity contribution in [1.82, 2.24) is 15.5 Å². The Kier molecular flexibility index (Phi) is 14.3. The first-order chi connectivity index (χ1) is 19.1. The van der Waals surface area contributed by atoms with Gasteiger partial charge in [-0.05, 0) is 70.4 Å². The Hall–Kier alpha value is -3.63. The van der Waals surface area contributed by atoms with Gasteiger partial charge >= 0.3 is 12.1 Å². The number of nitrogens with zero attached hydrogens (tertiary/aromatic N) is 1. The molecular formula is C30H48N4O7. The zero-order valence-electron chi connectivity index (χ0n) is 25.7. The van der Waals surface area contributed by atoms with Crippen LogP contribution in [0.2, 0.25) is 0 Å². The highest BCUT2D eigenvalue weighted by atomic mass is 16.6. The smallest absolute Gasteiger partial charge is 0.408 e. The lowest BCUT2D eigenvalue weighted by Crippen LogP contribution is -2.56. The van der Waals surface area contributed by atoms with Crippen LogP contribution in [0.3, 0.4) is 0 Å². The van der Waals surface area contributed by atoms with Gasteiger partial charge in [-0.25, -0.2) is 4.79 Å². The average Bonchev–Trinajstić information content (AvgIpc) is 2.89. The van der Waals surface area contributed by atoms with E-state index in [1.54, 1.807) is 32.9 Å². The van der Waals surface area contributed by atoms with Gasteiger partial charge in [-0.2, -0.15) is 0 Å². The molecular weight excluding hydrogens is 528 g/mol. The lowest BCUT2D eigenvalue weighted by molar-refractivity contribution is -0.146. The first kappa shape index (κ1) is 35.4. The van der Waals surface area contributed by atoms with Crippen LogP contribution in [0.5, 0.6) is 0 Å². The van der Waals surface area contributed by atoms with Gasteiger partial charge in [0, 0.05) is 12.5 Å². The number of ether oxygens (including phenoxy) is 2. The Labute approximate surface area is 243 Å². The van der Waals surface area contributed by atoms with Crippen molar-refractivity contribution in [2.45, 2.75) is 104 Å². The quantitative estimate of drug-likeness (QED) is 0.270. The fourth-order valence-corrected chi connectivity index (χ4v) is 4.19. The van der Waals surface area contributed by atoms with E-state index in [-0.39, 0.29) is 19.4 Å². The molecule has 1 aromatic carbocycles. The van der Waals surface area contributed by atoms with Gasteiger partial charge < -0.3 is 30.7 Å². The van der Waals surface area contributed by atoms with Crippen molar-refractivity contribution in [3.63, 3.8) is 0 Å². The summed E-state index contributed by atoms with van der Waals surface area (Å²) in [6.07, 6.45) is 1.00. The lowest BCUT2D eigenvalue weighted by Gasteiger charge is -2.39. The maximum Gasteiger partial charge on any atom is 0.408 e. The molecule has 0 fully saturated rings. The monoisotopic (exact) mass is 576 g/mol. The Bertz CT molecular complexity index is 1030. The number of aryl methyl sites for hydroxylation is 1. The van der Waals surface area contributed by atoms with Crippen LogP contribution >= 0.6 is 0 Å². The third-order valence-electron chi connectivity index (χ3n) is 6.42. The topological polar surface area (TPSA) is 157 Å². The van der Waals surface area contributed by atoms with Crippen LogP contribution in [-0.4, -0.2) is 66.0 Å². The van der Waals surface area contributed by atoms with Gasteiger partial charge in [0.1, 0.15) is 24.2 Å². The van der Waals surface area contributed by atoms with Crippen molar-refractivity contribution in [3.8, 4) is 0 Å². The van der Waals surface area contributed by atoms with E-state index in [0.29, 0.717) is 17.9 Å². The molecule has 0 bridgehead atoms. The number of amides is 4. The first-order valence-corrected chi connectivity index (χ1v) is 14.1. The van der Waals surface area contributed by atoms with Crippen LogP contribution in [-0.2, 0) is 35.1 Å². The molecule has 1 aromatic rings. The summed E-state index contributed by atoms with van der Waals surface area (Å²) < 4.78 is 10.0. The number of carbonyl (C=O) groups is 5. The van der Waals surface area contributed by atoms with Crippen molar-refractivity contribution in [2.75, 3.05) is 13.7 Å². The molecule has 4 amide bonds. The molecule has 0 aliphatic carbocycles. The van der Waals surface area contributed by atoms with E-state index in [1.165, 1.54) is 12.0 Å². The second-order valence-electron chi connectivity index (χ2n) is 11.6. The summed E-state index contributed by atoms with van der Waals surface area (Å²) in [6, 6.07) is 4.50. The molecule has 4 N–H and O–H groups in total. The molecule has 0 aliphatic rings. The predicted molar refractivity (Wildman–Crippen MR) is 156 cm³/mol. The molecule has 0 saturated heterocycles. The number of esters is 1. The molecule has 0 radical (unpaired) electrons. The molecule has 0 spiro atoms. The van der Waals surface area contributed by atoms with Gasteiger partial charge in [0.05, 0.1) is 7.11 Å². The Morgan fingerprint density at radius 1 is 0.976 bits per heavy atom. The summed E-state index contributed by atoms with van der Waals surface area (Å²) in [5.41, 5.74) is 6.12. The van der Waals surface area contributed by atoms with E-state index in [0.717, 1.165) is 18.4 Å². The van der Waals surface area contributed by atoms with Gasteiger partial charge in [-0.1, -0.05) is 45.0 Å². The molecule has 230 valence electrons. The molecule has 0 aliphatic heterocycles. The number of methoxy groups -OCH3 is 1. The molecule has 3 atom stereocenters. The molecule has 1 rings (SSSR count). The van der Waals surface area contributed by atoms with Crippen LogP contribution in [0.15, 0.2) is 24.3 Å². The predicted octanol–water partition coefficient (Wildman–Crippen LogP) is 3.39. The largest absolute Gasteiger partial charge is 0.468 e. The summed E-state index contributed by atoms with van der Waals surface area (Å²) in [7, 11) is 1.21. The van der Waals surface area contributed by atoms with Gasteiger partial charge in [0.15, 0.2) is 0 Å². The van der Waals surface area contributed by atoms with E-state index in [1.807, 2.05) is 26.0 Å². The van der Waals surface area contributed by atoms with E-state index in [2.05, 4.69) is 29.2 Å². The third kappa shape index (κ3) is 12.6. The Morgan fingerprint density at radius 3 is 2.07 bits per heavy atom. The normalized spacial score (nSPS) is 13.5. The van der Waals surface area contributed by atoms with E-state index in [4.69, 9.17) is 10.5 Å². The minimum absolute atomic E-state index is 0.0912. The van der Waals surface area contributed by atoms with Crippen molar-refractivity contribution in [2.24, 2.45) is 11.7 Å². The first-order valence-electron chi connectivity index (χ1n) is 14.1. The summed E-state index contributed by atoms with van der Waals surface area (Å²) >= 11 is 0.